The normalized spacial score (nSPS) is 27.9. The number of rotatable bonds is 8. The summed E-state index contributed by atoms with van der Waals surface area (Å²) in [5.41, 5.74) is 5.51. The molecule has 2 aromatic rings. The summed E-state index contributed by atoms with van der Waals surface area (Å²) in [6, 6.07) is 5.65. The number of carbonyl (C=O) groups is 1. The number of hydrogen-bond donors (Lipinski definition) is 1. The van der Waals surface area contributed by atoms with E-state index in [1.54, 1.807) is 30.5 Å². The second-order valence-corrected chi connectivity index (χ2v) is 8.26. The van der Waals surface area contributed by atoms with Gasteiger partial charge in [-0.1, -0.05) is 6.92 Å². The molecule has 4 atom stereocenters. The third-order valence-corrected chi connectivity index (χ3v) is 5.42. The van der Waals surface area contributed by atoms with Crippen molar-refractivity contribution < 1.29 is 33.2 Å². The van der Waals surface area contributed by atoms with Gasteiger partial charge in [-0.2, -0.15) is 10.4 Å². The molecule has 4 rings (SSSR count). The molecule has 12 heteroatoms. The number of nitriles is 1. The summed E-state index contributed by atoms with van der Waals surface area (Å²) < 4.78 is 35.3. The Balaban J connectivity index is 1.53. The van der Waals surface area contributed by atoms with Gasteiger partial charge < -0.3 is 34.2 Å². The van der Waals surface area contributed by atoms with E-state index < -0.39 is 42.5 Å². The van der Waals surface area contributed by atoms with Crippen molar-refractivity contribution >= 4 is 17.5 Å². The van der Waals surface area contributed by atoms with Crippen LogP contribution in [0.5, 0.6) is 0 Å². The molecule has 33 heavy (non-hydrogen) atoms. The third-order valence-electron chi connectivity index (χ3n) is 5.42. The van der Waals surface area contributed by atoms with Crippen molar-refractivity contribution in [2.45, 2.75) is 56.9 Å². The first-order valence-electron chi connectivity index (χ1n) is 10.7. The molecule has 2 aromatic heterocycles. The van der Waals surface area contributed by atoms with Crippen molar-refractivity contribution in [2.75, 3.05) is 32.2 Å². The topological polar surface area (TPSA) is 152 Å². The molecule has 2 fully saturated rings. The van der Waals surface area contributed by atoms with Gasteiger partial charge in [0.2, 0.25) is 5.60 Å². The Morgan fingerprint density at radius 3 is 2.82 bits per heavy atom. The summed E-state index contributed by atoms with van der Waals surface area (Å²) >= 11 is 0. The number of carbonyl (C=O) groups excluding carboxylic acids is 1. The molecular weight excluding hydrogens is 434 g/mol. The van der Waals surface area contributed by atoms with Crippen molar-refractivity contribution in [2.24, 2.45) is 0 Å². The Bertz CT molecular complexity index is 1050. The van der Waals surface area contributed by atoms with E-state index in [-0.39, 0.29) is 13.2 Å². The molecule has 0 amide bonds. The molecule has 0 unspecified atom stereocenters. The lowest BCUT2D eigenvalue weighted by Crippen LogP contribution is -2.46. The highest BCUT2D eigenvalue weighted by atomic mass is 16.8. The van der Waals surface area contributed by atoms with Crippen LogP contribution >= 0.6 is 0 Å². The van der Waals surface area contributed by atoms with Crippen molar-refractivity contribution in [1.82, 2.24) is 14.6 Å². The first-order valence-corrected chi connectivity index (χ1v) is 10.7. The minimum Gasteiger partial charge on any atom is -0.432 e. The molecule has 12 nitrogen and oxygen atoms in total. The number of ether oxygens (including phenoxy) is 6. The van der Waals surface area contributed by atoms with Crippen LogP contribution in [-0.2, 0) is 28.4 Å². The Morgan fingerprint density at radius 2 is 2.06 bits per heavy atom. The molecule has 178 valence electrons. The number of nitrogen functional groups attached to an aromatic ring is 1. The number of hydrogen-bond acceptors (Lipinski definition) is 11. The van der Waals surface area contributed by atoms with Crippen LogP contribution in [0.25, 0.3) is 5.52 Å². The molecule has 4 heterocycles. The van der Waals surface area contributed by atoms with Crippen LogP contribution < -0.4 is 5.73 Å². The van der Waals surface area contributed by atoms with E-state index in [0.29, 0.717) is 23.6 Å². The average molecular weight is 461 g/mol. The van der Waals surface area contributed by atoms with E-state index in [0.717, 1.165) is 6.42 Å². The van der Waals surface area contributed by atoms with Crippen LogP contribution in [0.4, 0.5) is 10.6 Å². The quantitative estimate of drug-likeness (QED) is 0.452. The number of fused-ring (bicyclic) bond motifs is 2. The largest absolute Gasteiger partial charge is 0.508 e. The second kappa shape index (κ2) is 9.11. The Hall–Kier alpha value is -2.98. The van der Waals surface area contributed by atoms with Gasteiger partial charge in [0.1, 0.15) is 49.4 Å². The zero-order chi connectivity index (χ0) is 23.6. The molecular formula is C21H27N5O7. The molecule has 0 saturated carbocycles. The van der Waals surface area contributed by atoms with E-state index in [4.69, 9.17) is 34.2 Å². The lowest BCUT2D eigenvalue weighted by molar-refractivity contribution is -0.205. The van der Waals surface area contributed by atoms with Crippen LogP contribution in [-0.4, -0.2) is 70.8 Å². The van der Waals surface area contributed by atoms with Crippen LogP contribution in [0.1, 0.15) is 39.0 Å². The first kappa shape index (κ1) is 23.2. The SMILES string of the molecule is CCCOCCOC(=O)OC[C@@]1(C#N)O[C@@H](c2ccc3c(N)ncnn23)[C@@H]2OC(C)(C)O[C@@H]21. The monoisotopic (exact) mass is 461 g/mol. The highest BCUT2D eigenvalue weighted by molar-refractivity contribution is 5.65. The summed E-state index contributed by atoms with van der Waals surface area (Å²) in [6.45, 7) is 5.93. The van der Waals surface area contributed by atoms with Gasteiger partial charge in [0.25, 0.3) is 0 Å². The molecule has 0 aliphatic carbocycles. The summed E-state index contributed by atoms with van der Waals surface area (Å²) in [5.74, 6) is -0.673. The Morgan fingerprint density at radius 1 is 1.24 bits per heavy atom. The van der Waals surface area contributed by atoms with Crippen molar-refractivity contribution in [3.05, 3.63) is 24.2 Å². The standard InChI is InChI=1S/C21H27N5O7/c1-4-7-28-8-9-29-19(27)30-11-21(10-22)17-16(31-20(2,3)33-17)15(32-21)13-5-6-14-18(23)24-12-25-26(13)14/h5-6,12,15-17H,4,7-9,11H2,1-3H3,(H2,23,24,25)/t15-,16-,17-,21+/m0/s1. The first-order chi connectivity index (χ1) is 15.8. The van der Waals surface area contributed by atoms with E-state index in [1.807, 2.05) is 6.92 Å². The minimum absolute atomic E-state index is 0.0395. The predicted molar refractivity (Wildman–Crippen MR) is 112 cm³/mol. The van der Waals surface area contributed by atoms with Gasteiger partial charge in [0.15, 0.2) is 11.6 Å². The highest BCUT2D eigenvalue weighted by Crippen LogP contribution is 2.50. The average Bonchev–Trinajstić information content (AvgIpc) is 3.43. The van der Waals surface area contributed by atoms with Gasteiger partial charge in [-0.3, -0.25) is 0 Å². The summed E-state index contributed by atoms with van der Waals surface area (Å²) in [6.07, 6.45) is -0.960. The predicted octanol–water partition coefficient (Wildman–Crippen LogP) is 1.75. The Kier molecular flexibility index (Phi) is 6.40. The van der Waals surface area contributed by atoms with Gasteiger partial charge in [0, 0.05) is 6.61 Å². The van der Waals surface area contributed by atoms with Crippen LogP contribution in [0.15, 0.2) is 18.5 Å². The maximum atomic E-state index is 12.1. The molecule has 2 aliphatic heterocycles. The maximum absolute atomic E-state index is 12.1. The second-order valence-electron chi connectivity index (χ2n) is 8.26. The summed E-state index contributed by atoms with van der Waals surface area (Å²) in [7, 11) is 0. The summed E-state index contributed by atoms with van der Waals surface area (Å²) in [4.78, 5) is 16.0. The molecule has 0 aromatic carbocycles. The van der Waals surface area contributed by atoms with E-state index in [1.165, 1.54) is 6.33 Å². The lowest BCUT2D eigenvalue weighted by atomic mass is 9.96. The van der Waals surface area contributed by atoms with Crippen molar-refractivity contribution in [1.29, 1.82) is 5.26 Å². The molecule has 0 bridgehead atoms. The van der Waals surface area contributed by atoms with Crippen molar-refractivity contribution in [3.63, 3.8) is 0 Å². The number of anilines is 1. The fourth-order valence-electron chi connectivity index (χ4n) is 4.03. The van der Waals surface area contributed by atoms with Gasteiger partial charge in [-0.15, -0.1) is 0 Å². The van der Waals surface area contributed by atoms with Crippen molar-refractivity contribution in [3.8, 4) is 6.07 Å². The zero-order valence-electron chi connectivity index (χ0n) is 18.7. The third kappa shape index (κ3) is 4.45. The lowest BCUT2D eigenvalue weighted by Gasteiger charge is -2.28. The van der Waals surface area contributed by atoms with Crippen LogP contribution in [0, 0.1) is 11.3 Å². The van der Waals surface area contributed by atoms with E-state index in [9.17, 15) is 10.1 Å². The number of aromatic nitrogens is 3. The minimum atomic E-state index is -1.62. The Labute approximate surface area is 190 Å². The molecule has 2 N–H and O–H groups in total. The van der Waals surface area contributed by atoms with Crippen LogP contribution in [0.2, 0.25) is 0 Å². The van der Waals surface area contributed by atoms with Gasteiger partial charge in [-0.25, -0.2) is 14.3 Å². The maximum Gasteiger partial charge on any atom is 0.508 e. The van der Waals surface area contributed by atoms with Gasteiger partial charge in [0.05, 0.1) is 12.3 Å². The molecule has 2 aliphatic rings. The van der Waals surface area contributed by atoms with Gasteiger partial charge in [-0.05, 0) is 32.4 Å². The molecule has 0 radical (unpaired) electrons. The molecule has 2 saturated heterocycles. The highest BCUT2D eigenvalue weighted by Gasteiger charge is 2.65. The smallest absolute Gasteiger partial charge is 0.432 e. The van der Waals surface area contributed by atoms with E-state index in [2.05, 4.69) is 16.2 Å². The number of nitrogens with zero attached hydrogens (tertiary/aromatic N) is 4. The van der Waals surface area contributed by atoms with Crippen LogP contribution in [0.3, 0.4) is 0 Å². The fraction of sp³-hybridized carbons (Fsp3) is 0.619. The summed E-state index contributed by atoms with van der Waals surface area (Å²) in [5, 5.41) is 14.3. The molecule has 0 spiro atoms. The van der Waals surface area contributed by atoms with E-state index >= 15 is 0 Å². The fourth-order valence-corrected chi connectivity index (χ4v) is 4.03. The van der Waals surface area contributed by atoms with Gasteiger partial charge >= 0.3 is 6.16 Å². The zero-order valence-corrected chi connectivity index (χ0v) is 18.7. The number of nitrogens with two attached hydrogens (primary N) is 1.